The van der Waals surface area contributed by atoms with Gasteiger partial charge in [-0.2, -0.15) is 9.61 Å². The third-order valence-corrected chi connectivity index (χ3v) is 5.19. The van der Waals surface area contributed by atoms with E-state index in [1.54, 1.807) is 0 Å². The quantitative estimate of drug-likeness (QED) is 0.524. The van der Waals surface area contributed by atoms with Crippen LogP contribution in [-0.4, -0.2) is 24.1 Å². The second kappa shape index (κ2) is 6.39. The number of benzene rings is 1. The highest BCUT2D eigenvalue weighted by atomic mass is 35.5. The molecule has 6 nitrogen and oxygen atoms in total. The lowest BCUT2D eigenvalue weighted by molar-refractivity contribution is 0.924. The molecule has 0 amide bonds. The largest absolute Gasteiger partial charge is 0.366 e. The van der Waals surface area contributed by atoms with E-state index in [9.17, 15) is 0 Å². The number of aryl methyl sites for hydroxylation is 1. The lowest BCUT2D eigenvalue weighted by Crippen LogP contribution is -2.06. The number of aromatic nitrogens is 5. The Morgan fingerprint density at radius 3 is 2.74 bits per heavy atom. The van der Waals surface area contributed by atoms with Crippen LogP contribution in [0.2, 0.25) is 5.15 Å². The highest BCUT2D eigenvalue weighted by Crippen LogP contribution is 2.42. The van der Waals surface area contributed by atoms with Crippen molar-refractivity contribution >= 4 is 23.1 Å². The van der Waals surface area contributed by atoms with E-state index in [0.717, 1.165) is 23.0 Å². The summed E-state index contributed by atoms with van der Waals surface area (Å²) in [6.45, 7) is 2.67. The van der Waals surface area contributed by atoms with Gasteiger partial charge < -0.3 is 9.88 Å². The first kappa shape index (κ1) is 16.3. The van der Waals surface area contributed by atoms with Crippen LogP contribution in [0.25, 0.3) is 11.3 Å². The third-order valence-electron chi connectivity index (χ3n) is 5.00. The Balaban J connectivity index is 1.38. The number of imidazole rings is 1. The molecule has 1 fully saturated rings. The van der Waals surface area contributed by atoms with Crippen molar-refractivity contribution in [2.24, 2.45) is 0 Å². The number of nitrogens with one attached hydrogen (secondary N) is 1. The topological polar surface area (TPSA) is 60.0 Å². The number of fused-ring (bicyclic) bond motifs is 1. The van der Waals surface area contributed by atoms with Gasteiger partial charge in [-0.25, -0.2) is 9.97 Å². The van der Waals surface area contributed by atoms with Crippen molar-refractivity contribution in [1.29, 1.82) is 0 Å². The molecule has 5 rings (SSSR count). The molecule has 4 aromatic rings. The zero-order valence-corrected chi connectivity index (χ0v) is 15.7. The molecular formula is C20H19ClN6. The van der Waals surface area contributed by atoms with Gasteiger partial charge in [-0.05, 0) is 43.4 Å². The van der Waals surface area contributed by atoms with E-state index in [1.165, 1.54) is 24.0 Å². The highest BCUT2D eigenvalue weighted by Gasteiger charge is 2.28. The van der Waals surface area contributed by atoms with Gasteiger partial charge in [0.2, 0.25) is 0 Å². The summed E-state index contributed by atoms with van der Waals surface area (Å²) in [5.74, 6) is 2.41. The molecule has 1 aliphatic rings. The van der Waals surface area contributed by atoms with Crippen LogP contribution in [0, 0.1) is 6.92 Å². The van der Waals surface area contributed by atoms with E-state index in [-0.39, 0.29) is 0 Å². The van der Waals surface area contributed by atoms with E-state index in [0.29, 0.717) is 17.6 Å². The third kappa shape index (κ3) is 3.06. The Hall–Kier alpha value is -2.86. The number of hydrogen-bond donors (Lipinski definition) is 1. The van der Waals surface area contributed by atoms with Gasteiger partial charge in [0, 0.05) is 36.3 Å². The summed E-state index contributed by atoms with van der Waals surface area (Å²) in [5.41, 5.74) is 4.33. The Morgan fingerprint density at radius 1 is 1.22 bits per heavy atom. The van der Waals surface area contributed by atoms with Crippen molar-refractivity contribution in [3.05, 3.63) is 71.0 Å². The van der Waals surface area contributed by atoms with Crippen molar-refractivity contribution in [3.8, 4) is 5.69 Å². The average molecular weight is 379 g/mol. The maximum Gasteiger partial charge on any atom is 0.162 e. The molecule has 0 bridgehead atoms. The smallest absolute Gasteiger partial charge is 0.162 e. The van der Waals surface area contributed by atoms with Crippen molar-refractivity contribution in [2.75, 3.05) is 5.32 Å². The summed E-state index contributed by atoms with van der Waals surface area (Å²) in [4.78, 5) is 8.75. The first-order valence-corrected chi connectivity index (χ1v) is 9.44. The number of nitrogens with zero attached hydrogens (tertiary/aromatic N) is 5. The molecule has 136 valence electrons. The van der Waals surface area contributed by atoms with Gasteiger partial charge in [-0.1, -0.05) is 23.7 Å². The fraction of sp³-hybridized carbons (Fsp3) is 0.250. The molecule has 27 heavy (non-hydrogen) atoms. The van der Waals surface area contributed by atoms with Gasteiger partial charge in [-0.3, -0.25) is 0 Å². The van der Waals surface area contributed by atoms with Crippen molar-refractivity contribution in [1.82, 2.24) is 24.1 Å². The predicted octanol–water partition coefficient (Wildman–Crippen LogP) is 4.37. The molecule has 0 aliphatic heterocycles. The summed E-state index contributed by atoms with van der Waals surface area (Å²) in [6.07, 6.45) is 8.11. The normalized spacial score (nSPS) is 14.0. The van der Waals surface area contributed by atoms with E-state index >= 15 is 0 Å². The fourth-order valence-corrected chi connectivity index (χ4v) is 3.56. The highest BCUT2D eigenvalue weighted by molar-refractivity contribution is 6.29. The van der Waals surface area contributed by atoms with E-state index in [4.69, 9.17) is 11.6 Å². The Morgan fingerprint density at radius 2 is 2.04 bits per heavy atom. The molecule has 7 heteroatoms. The molecule has 0 unspecified atom stereocenters. The molecule has 0 atom stereocenters. The minimum Gasteiger partial charge on any atom is -0.366 e. The molecule has 1 aromatic carbocycles. The summed E-state index contributed by atoms with van der Waals surface area (Å²) < 4.78 is 3.91. The van der Waals surface area contributed by atoms with Gasteiger partial charge in [-0.15, -0.1) is 0 Å². The minimum absolute atomic E-state index is 0.485. The van der Waals surface area contributed by atoms with Crippen LogP contribution in [0.1, 0.15) is 35.7 Å². The molecule has 1 N–H and O–H groups in total. The lowest BCUT2D eigenvalue weighted by atomic mass is 10.2. The first-order valence-electron chi connectivity index (χ1n) is 9.06. The van der Waals surface area contributed by atoms with Crippen molar-refractivity contribution in [2.45, 2.75) is 32.2 Å². The Kier molecular flexibility index (Phi) is 3.86. The van der Waals surface area contributed by atoms with Gasteiger partial charge in [0.05, 0.1) is 6.20 Å². The van der Waals surface area contributed by atoms with E-state index in [2.05, 4.69) is 49.2 Å². The van der Waals surface area contributed by atoms with Crippen LogP contribution in [-0.2, 0) is 6.54 Å². The lowest BCUT2D eigenvalue weighted by Gasteiger charge is -2.10. The summed E-state index contributed by atoms with van der Waals surface area (Å²) in [5, 5.41) is 8.44. The van der Waals surface area contributed by atoms with Gasteiger partial charge in [0.15, 0.2) is 5.65 Å². The molecule has 0 radical (unpaired) electrons. The van der Waals surface area contributed by atoms with E-state index < -0.39 is 0 Å². The Labute approximate surface area is 161 Å². The molecule has 0 spiro atoms. The molecule has 0 saturated heterocycles. The van der Waals surface area contributed by atoms with Crippen LogP contribution in [0.15, 0.2) is 48.9 Å². The monoisotopic (exact) mass is 378 g/mol. The van der Waals surface area contributed by atoms with Crippen molar-refractivity contribution in [3.63, 3.8) is 0 Å². The average Bonchev–Trinajstić information content (AvgIpc) is 3.28. The maximum absolute atomic E-state index is 6.25. The molecule has 1 saturated carbocycles. The first-order chi connectivity index (χ1) is 13.2. The van der Waals surface area contributed by atoms with Gasteiger partial charge in [0.1, 0.15) is 16.8 Å². The molecule has 3 heterocycles. The standard InChI is InChI=1S/C20H19ClN6/c1-13-22-8-9-26(13)16-6-2-14(3-7-16)11-23-19-10-18(21)25-20-17(15-4-5-15)12-24-27(19)20/h2-3,6-10,12,15,23H,4-5,11H2,1H3. The Bertz CT molecular complexity index is 1110. The minimum atomic E-state index is 0.485. The number of rotatable bonds is 5. The van der Waals surface area contributed by atoms with Crippen LogP contribution < -0.4 is 5.32 Å². The SMILES string of the molecule is Cc1nccn1-c1ccc(CNc2cc(Cl)nc3c(C4CC4)cnn23)cc1. The van der Waals surface area contributed by atoms with Gasteiger partial charge >= 0.3 is 0 Å². The van der Waals surface area contributed by atoms with Crippen LogP contribution in [0.4, 0.5) is 5.82 Å². The van der Waals surface area contributed by atoms with Crippen molar-refractivity contribution < 1.29 is 0 Å². The van der Waals surface area contributed by atoms with Gasteiger partial charge in [0.25, 0.3) is 0 Å². The predicted molar refractivity (Wildman–Crippen MR) is 106 cm³/mol. The number of hydrogen-bond acceptors (Lipinski definition) is 4. The summed E-state index contributed by atoms with van der Waals surface area (Å²) in [6, 6.07) is 10.2. The zero-order valence-electron chi connectivity index (χ0n) is 14.9. The second-order valence-electron chi connectivity index (χ2n) is 6.94. The molecular weight excluding hydrogens is 360 g/mol. The number of halogens is 1. The van der Waals surface area contributed by atoms with Crippen LogP contribution in [0.5, 0.6) is 0 Å². The maximum atomic E-state index is 6.25. The van der Waals surface area contributed by atoms with Crippen LogP contribution >= 0.6 is 11.6 Å². The van der Waals surface area contributed by atoms with Crippen LogP contribution in [0.3, 0.4) is 0 Å². The fourth-order valence-electron chi connectivity index (χ4n) is 3.38. The summed E-state index contributed by atoms with van der Waals surface area (Å²) in [7, 11) is 0. The zero-order chi connectivity index (χ0) is 18.4. The molecule has 3 aromatic heterocycles. The second-order valence-corrected chi connectivity index (χ2v) is 7.33. The van der Waals surface area contributed by atoms with E-state index in [1.807, 2.05) is 36.1 Å². The number of anilines is 1. The summed E-state index contributed by atoms with van der Waals surface area (Å²) >= 11 is 6.25. The molecule has 1 aliphatic carbocycles.